The van der Waals surface area contributed by atoms with Crippen LogP contribution >= 0.6 is 0 Å². The lowest BCUT2D eigenvalue weighted by Crippen LogP contribution is -2.43. The van der Waals surface area contributed by atoms with E-state index < -0.39 is 0 Å². The molecule has 0 radical (unpaired) electrons. The molecule has 6 heteroatoms. The quantitative estimate of drug-likeness (QED) is 0.627. The van der Waals surface area contributed by atoms with Crippen LogP contribution < -0.4 is 15.5 Å². The Kier molecular flexibility index (Phi) is 5.73. The van der Waals surface area contributed by atoms with E-state index in [2.05, 4.69) is 37.9 Å². The summed E-state index contributed by atoms with van der Waals surface area (Å²) in [6.45, 7) is 14.6. The first-order valence-electron chi connectivity index (χ1n) is 9.39. The first-order chi connectivity index (χ1) is 11.9. The fourth-order valence-electron chi connectivity index (χ4n) is 3.11. The van der Waals surface area contributed by atoms with Gasteiger partial charge >= 0.3 is 7.12 Å². The topological polar surface area (TPSA) is 43.0 Å². The van der Waals surface area contributed by atoms with Crippen molar-refractivity contribution in [3.8, 4) is 5.75 Å². The number of hydrogen-bond acceptors (Lipinski definition) is 5. The molecule has 25 heavy (non-hydrogen) atoms. The second kappa shape index (κ2) is 7.66. The lowest BCUT2D eigenvalue weighted by atomic mass is 9.79. The predicted octanol–water partition coefficient (Wildman–Crippen LogP) is 1.66. The van der Waals surface area contributed by atoms with Crippen LogP contribution in [0.5, 0.6) is 5.75 Å². The van der Waals surface area contributed by atoms with Gasteiger partial charge in [0.15, 0.2) is 0 Å². The van der Waals surface area contributed by atoms with E-state index >= 15 is 0 Å². The molecule has 0 bridgehead atoms. The molecule has 138 valence electrons. The van der Waals surface area contributed by atoms with Crippen molar-refractivity contribution in [2.75, 3.05) is 39.3 Å². The van der Waals surface area contributed by atoms with Crippen molar-refractivity contribution in [1.29, 1.82) is 0 Å². The van der Waals surface area contributed by atoms with Crippen LogP contribution in [0.15, 0.2) is 24.3 Å². The SMILES string of the molecule is CC1(C)OB(c2ccc(OCCCN3CCNCC3)cc2)OC1(C)C. The molecule has 0 spiro atoms. The summed E-state index contributed by atoms with van der Waals surface area (Å²) in [6.07, 6.45) is 1.05. The van der Waals surface area contributed by atoms with Crippen molar-refractivity contribution in [3.63, 3.8) is 0 Å². The maximum atomic E-state index is 6.08. The molecule has 1 N–H and O–H groups in total. The first-order valence-corrected chi connectivity index (χ1v) is 9.39. The van der Waals surface area contributed by atoms with Crippen molar-refractivity contribution in [2.24, 2.45) is 0 Å². The summed E-state index contributed by atoms with van der Waals surface area (Å²) in [7, 11) is -0.313. The van der Waals surface area contributed by atoms with Gasteiger partial charge in [-0.05, 0) is 51.7 Å². The molecule has 0 amide bonds. The van der Waals surface area contributed by atoms with Crippen molar-refractivity contribution < 1.29 is 14.0 Å². The third kappa shape index (κ3) is 4.56. The molecule has 5 nitrogen and oxygen atoms in total. The number of rotatable bonds is 6. The van der Waals surface area contributed by atoms with Gasteiger partial charge in [-0.25, -0.2) is 0 Å². The molecule has 2 aliphatic heterocycles. The minimum Gasteiger partial charge on any atom is -0.494 e. The number of nitrogens with one attached hydrogen (secondary N) is 1. The molecule has 2 heterocycles. The summed E-state index contributed by atoms with van der Waals surface area (Å²) < 4.78 is 18.0. The van der Waals surface area contributed by atoms with Crippen LogP contribution in [0.25, 0.3) is 0 Å². The summed E-state index contributed by atoms with van der Waals surface area (Å²) >= 11 is 0. The van der Waals surface area contributed by atoms with E-state index in [0.717, 1.165) is 57.0 Å². The maximum Gasteiger partial charge on any atom is 0.494 e. The highest BCUT2D eigenvalue weighted by atomic mass is 16.7. The van der Waals surface area contributed by atoms with Gasteiger partial charge in [0.25, 0.3) is 0 Å². The zero-order valence-corrected chi connectivity index (χ0v) is 16.0. The minimum atomic E-state index is -0.313. The molecular weight excluding hydrogens is 315 g/mol. The van der Waals surface area contributed by atoms with Crippen molar-refractivity contribution in [1.82, 2.24) is 10.2 Å². The number of ether oxygens (including phenoxy) is 1. The number of nitrogens with zero attached hydrogens (tertiary/aromatic N) is 1. The minimum absolute atomic E-state index is 0.309. The van der Waals surface area contributed by atoms with E-state index in [0.29, 0.717) is 0 Å². The van der Waals surface area contributed by atoms with Gasteiger partial charge in [-0.1, -0.05) is 12.1 Å². The standard InChI is InChI=1S/C19H31BN2O3/c1-18(2)19(3,4)25-20(24-18)16-6-8-17(9-7-16)23-15-5-12-22-13-10-21-11-14-22/h6-9,21H,5,10-15H2,1-4H3. The molecule has 0 unspecified atom stereocenters. The Labute approximate surface area is 152 Å². The average molecular weight is 346 g/mol. The predicted molar refractivity (Wildman–Crippen MR) is 102 cm³/mol. The van der Waals surface area contributed by atoms with Gasteiger partial charge in [0.05, 0.1) is 17.8 Å². The third-order valence-electron chi connectivity index (χ3n) is 5.50. The van der Waals surface area contributed by atoms with Gasteiger partial charge in [-0.2, -0.15) is 0 Å². The van der Waals surface area contributed by atoms with Gasteiger partial charge in [0, 0.05) is 32.7 Å². The smallest absolute Gasteiger partial charge is 0.494 e. The van der Waals surface area contributed by atoms with Crippen LogP contribution in [-0.2, 0) is 9.31 Å². The fraction of sp³-hybridized carbons (Fsp3) is 0.684. The highest BCUT2D eigenvalue weighted by molar-refractivity contribution is 6.62. The van der Waals surface area contributed by atoms with Gasteiger partial charge in [-0.3, -0.25) is 0 Å². The van der Waals surface area contributed by atoms with E-state index in [4.69, 9.17) is 14.0 Å². The summed E-state index contributed by atoms with van der Waals surface area (Å²) in [4.78, 5) is 2.49. The van der Waals surface area contributed by atoms with Crippen LogP contribution in [0.1, 0.15) is 34.1 Å². The number of benzene rings is 1. The summed E-state index contributed by atoms with van der Waals surface area (Å²) in [6, 6.07) is 8.08. The lowest BCUT2D eigenvalue weighted by molar-refractivity contribution is 0.00578. The Morgan fingerprint density at radius 3 is 2.24 bits per heavy atom. The molecule has 0 saturated carbocycles. The largest absolute Gasteiger partial charge is 0.494 e. The molecule has 0 aromatic heterocycles. The molecule has 0 atom stereocenters. The van der Waals surface area contributed by atoms with E-state index in [1.807, 2.05) is 24.3 Å². The summed E-state index contributed by atoms with van der Waals surface area (Å²) in [5.41, 5.74) is 0.417. The van der Waals surface area contributed by atoms with Gasteiger partial charge in [0.2, 0.25) is 0 Å². The molecule has 2 saturated heterocycles. The zero-order chi connectivity index (χ0) is 17.9. The van der Waals surface area contributed by atoms with Gasteiger partial charge < -0.3 is 24.3 Å². The summed E-state index contributed by atoms with van der Waals surface area (Å²) in [5.74, 6) is 0.903. The van der Waals surface area contributed by atoms with Crippen molar-refractivity contribution >= 4 is 12.6 Å². The number of hydrogen-bond donors (Lipinski definition) is 1. The zero-order valence-electron chi connectivity index (χ0n) is 16.0. The fourth-order valence-corrected chi connectivity index (χ4v) is 3.11. The second-order valence-corrected chi connectivity index (χ2v) is 7.95. The second-order valence-electron chi connectivity index (χ2n) is 7.95. The highest BCUT2D eigenvalue weighted by Crippen LogP contribution is 2.36. The Balaban J connectivity index is 1.45. The maximum absolute atomic E-state index is 6.08. The van der Waals surface area contributed by atoms with E-state index in [-0.39, 0.29) is 18.3 Å². The monoisotopic (exact) mass is 346 g/mol. The molecule has 1 aromatic rings. The van der Waals surface area contributed by atoms with Crippen molar-refractivity contribution in [2.45, 2.75) is 45.3 Å². The average Bonchev–Trinajstić information content (AvgIpc) is 2.81. The lowest BCUT2D eigenvalue weighted by Gasteiger charge is -2.32. The molecular formula is C19H31BN2O3. The van der Waals surface area contributed by atoms with Gasteiger partial charge in [0.1, 0.15) is 5.75 Å². The van der Waals surface area contributed by atoms with E-state index in [1.165, 1.54) is 0 Å². The Morgan fingerprint density at radius 1 is 1.04 bits per heavy atom. The van der Waals surface area contributed by atoms with E-state index in [9.17, 15) is 0 Å². The normalized spacial score (nSPS) is 23.0. The van der Waals surface area contributed by atoms with Gasteiger partial charge in [-0.15, -0.1) is 0 Å². The van der Waals surface area contributed by atoms with Crippen LogP contribution in [0.4, 0.5) is 0 Å². The molecule has 2 fully saturated rings. The highest BCUT2D eigenvalue weighted by Gasteiger charge is 2.51. The van der Waals surface area contributed by atoms with Crippen LogP contribution in [0.3, 0.4) is 0 Å². The number of piperazine rings is 1. The summed E-state index contributed by atoms with van der Waals surface area (Å²) in [5, 5.41) is 3.38. The molecule has 0 aliphatic carbocycles. The van der Waals surface area contributed by atoms with E-state index in [1.54, 1.807) is 0 Å². The first kappa shape index (κ1) is 18.7. The third-order valence-corrected chi connectivity index (χ3v) is 5.50. The Morgan fingerprint density at radius 2 is 1.64 bits per heavy atom. The molecule has 1 aromatic carbocycles. The Hall–Kier alpha value is -1.08. The van der Waals surface area contributed by atoms with Crippen LogP contribution in [0.2, 0.25) is 0 Å². The Bertz CT molecular complexity index is 540. The molecule has 2 aliphatic rings. The van der Waals surface area contributed by atoms with Crippen LogP contribution in [-0.4, -0.2) is 62.6 Å². The van der Waals surface area contributed by atoms with Crippen LogP contribution in [0, 0.1) is 0 Å². The van der Waals surface area contributed by atoms with Crippen molar-refractivity contribution in [3.05, 3.63) is 24.3 Å². The molecule has 3 rings (SSSR count).